The van der Waals surface area contributed by atoms with Gasteiger partial charge in [-0.2, -0.15) is 12.6 Å². The van der Waals surface area contributed by atoms with E-state index in [0.717, 1.165) is 0 Å². The molecule has 0 spiro atoms. The maximum Gasteiger partial charge on any atom is 0.323 e. The minimum absolute atomic E-state index is 0. The van der Waals surface area contributed by atoms with Crippen LogP contribution in [0.5, 0.6) is 0 Å². The number of nitrogens with one attached hydrogen (secondary N) is 1. The Kier molecular flexibility index (Phi) is 5.15. The van der Waals surface area contributed by atoms with Gasteiger partial charge in [0.2, 0.25) is 0 Å². The van der Waals surface area contributed by atoms with Crippen molar-refractivity contribution in [2.24, 2.45) is 0 Å². The number of thiol groups is 1. The molecule has 1 heterocycles. The highest BCUT2D eigenvalue weighted by atomic mass is 32.1. The second-order valence-electron chi connectivity index (χ2n) is 3.21. The second-order valence-corrected chi connectivity index (χ2v) is 3.77. The van der Waals surface area contributed by atoms with Crippen molar-refractivity contribution in [2.75, 3.05) is 0 Å². The van der Waals surface area contributed by atoms with Gasteiger partial charge >= 0.3 is 5.97 Å². The first-order chi connectivity index (χ1) is 6.00. The molecule has 0 aromatic rings. The Labute approximate surface area is 89.8 Å². The van der Waals surface area contributed by atoms with E-state index in [-0.39, 0.29) is 37.1 Å². The summed E-state index contributed by atoms with van der Waals surface area (Å²) in [5.74, 6) is -0.405. The minimum Gasteiger partial charge on any atom is -0.459 e. The molecule has 3 unspecified atom stereocenters. The normalized spacial score (nSPS) is 31.6. The van der Waals surface area contributed by atoms with Gasteiger partial charge in [0.05, 0.1) is 5.37 Å². The molecule has 1 aliphatic heterocycles. The van der Waals surface area contributed by atoms with Crippen molar-refractivity contribution < 1.29 is 14.3 Å². The summed E-state index contributed by atoms with van der Waals surface area (Å²) in [6, 6.07) is -0.531. The molecule has 5 heteroatoms. The Morgan fingerprint density at radius 2 is 2.21 bits per heavy atom. The molecule has 1 N–H and O–H groups in total. The van der Waals surface area contributed by atoms with Crippen LogP contribution >= 0.6 is 12.6 Å². The molecular weight excluding hydrogens is 202 g/mol. The lowest BCUT2D eigenvalue weighted by Crippen LogP contribution is -2.54. The number of hydrogen-bond donors (Lipinski definition) is 2. The van der Waals surface area contributed by atoms with E-state index >= 15 is 0 Å². The van der Waals surface area contributed by atoms with Gasteiger partial charge < -0.3 is 4.74 Å². The smallest absolute Gasteiger partial charge is 0.323 e. The quantitative estimate of drug-likeness (QED) is 0.532. The van der Waals surface area contributed by atoms with Gasteiger partial charge in [-0.1, -0.05) is 7.43 Å². The van der Waals surface area contributed by atoms with E-state index in [4.69, 9.17) is 4.74 Å². The Balaban J connectivity index is 0.00000169. The van der Waals surface area contributed by atoms with Gasteiger partial charge in [-0.05, 0) is 13.8 Å². The van der Waals surface area contributed by atoms with Crippen molar-refractivity contribution in [1.82, 2.24) is 5.32 Å². The predicted molar refractivity (Wildman–Crippen MR) is 57.3 cm³/mol. The molecule has 0 saturated carbocycles. The lowest BCUT2D eigenvalue weighted by atomic mass is 10.1. The number of ketones is 1. The van der Waals surface area contributed by atoms with Crippen LogP contribution in [0.3, 0.4) is 0 Å². The molecule has 0 amide bonds. The molecule has 0 aromatic heterocycles. The maximum absolute atomic E-state index is 11.2. The highest BCUT2D eigenvalue weighted by Crippen LogP contribution is 2.13. The van der Waals surface area contributed by atoms with E-state index in [0.29, 0.717) is 0 Å². The maximum atomic E-state index is 11.2. The monoisotopic (exact) mass is 219 g/mol. The molecule has 1 aliphatic rings. The molecule has 4 nitrogen and oxygen atoms in total. The van der Waals surface area contributed by atoms with Crippen LogP contribution in [0.1, 0.15) is 27.7 Å². The summed E-state index contributed by atoms with van der Waals surface area (Å²) in [4.78, 5) is 22.0. The molecule has 3 atom stereocenters. The zero-order chi connectivity index (χ0) is 10.0. The number of cyclic esters (lactones) is 1. The summed E-state index contributed by atoms with van der Waals surface area (Å²) in [6.45, 7) is 3.20. The SMILES string of the molecule is C.CC(=O)CC1NC(S)C(C)OC1=O. The average Bonchev–Trinajstić information content (AvgIpc) is 1.99. The Morgan fingerprint density at radius 1 is 1.64 bits per heavy atom. The van der Waals surface area contributed by atoms with E-state index in [1.54, 1.807) is 6.92 Å². The summed E-state index contributed by atoms with van der Waals surface area (Å²) in [5.41, 5.74) is 0. The molecule has 1 saturated heterocycles. The number of hydrogen-bond acceptors (Lipinski definition) is 5. The number of carbonyl (C=O) groups is 2. The van der Waals surface area contributed by atoms with Crippen LogP contribution in [0.4, 0.5) is 0 Å². The van der Waals surface area contributed by atoms with E-state index in [2.05, 4.69) is 17.9 Å². The fourth-order valence-electron chi connectivity index (χ4n) is 1.17. The summed E-state index contributed by atoms with van der Waals surface area (Å²) in [6.07, 6.45) is -0.0816. The van der Waals surface area contributed by atoms with Gasteiger partial charge in [-0.15, -0.1) is 0 Å². The zero-order valence-corrected chi connectivity index (χ0v) is 8.51. The van der Waals surface area contributed by atoms with Crippen LogP contribution in [0, 0.1) is 0 Å². The van der Waals surface area contributed by atoms with E-state index in [1.807, 2.05) is 0 Å². The molecule has 1 fully saturated rings. The number of rotatable bonds is 2. The lowest BCUT2D eigenvalue weighted by Gasteiger charge is -2.31. The molecule has 0 aromatic carbocycles. The van der Waals surface area contributed by atoms with Crippen molar-refractivity contribution in [3.63, 3.8) is 0 Å². The van der Waals surface area contributed by atoms with Crippen molar-refractivity contribution in [1.29, 1.82) is 0 Å². The van der Waals surface area contributed by atoms with E-state index in [1.165, 1.54) is 6.92 Å². The lowest BCUT2D eigenvalue weighted by molar-refractivity contribution is -0.157. The van der Waals surface area contributed by atoms with E-state index < -0.39 is 6.04 Å². The fourth-order valence-corrected chi connectivity index (χ4v) is 1.41. The molecule has 0 radical (unpaired) electrons. The Bertz CT molecular complexity index is 232. The van der Waals surface area contributed by atoms with E-state index in [9.17, 15) is 9.59 Å². The number of morpholine rings is 1. The van der Waals surface area contributed by atoms with Crippen LogP contribution < -0.4 is 5.32 Å². The highest BCUT2D eigenvalue weighted by molar-refractivity contribution is 7.81. The third kappa shape index (κ3) is 3.31. The van der Waals surface area contributed by atoms with Gasteiger partial charge in [-0.25, -0.2) is 0 Å². The highest BCUT2D eigenvalue weighted by Gasteiger charge is 2.33. The van der Waals surface area contributed by atoms with Crippen LogP contribution in [-0.2, 0) is 14.3 Å². The minimum atomic E-state index is -0.531. The first-order valence-electron chi connectivity index (χ1n) is 4.14. The average molecular weight is 219 g/mol. The first kappa shape index (κ1) is 13.4. The van der Waals surface area contributed by atoms with Crippen molar-refractivity contribution in [3.8, 4) is 0 Å². The largest absolute Gasteiger partial charge is 0.459 e. The molecule has 82 valence electrons. The Morgan fingerprint density at radius 3 is 2.71 bits per heavy atom. The number of Topliss-reactive ketones (excluding diaryl/α,β-unsaturated/α-hetero) is 1. The standard InChI is InChI=1S/C8H13NO3S.CH4/c1-4(10)3-6-8(11)12-5(2)7(13)9-6;/h5-7,9,13H,3H2,1-2H3;1H4. The number of ether oxygens (including phenoxy) is 1. The van der Waals surface area contributed by atoms with Crippen molar-refractivity contribution in [2.45, 2.75) is 45.2 Å². The van der Waals surface area contributed by atoms with Crippen LogP contribution in [0.2, 0.25) is 0 Å². The Hall–Kier alpha value is -0.550. The van der Waals surface area contributed by atoms with Crippen molar-refractivity contribution >= 4 is 24.4 Å². The first-order valence-corrected chi connectivity index (χ1v) is 4.66. The molecular formula is C9H17NO3S. The molecule has 0 aliphatic carbocycles. The van der Waals surface area contributed by atoms with Gasteiger partial charge in [0.15, 0.2) is 0 Å². The third-order valence-corrected chi connectivity index (χ3v) is 2.46. The zero-order valence-electron chi connectivity index (χ0n) is 7.61. The summed E-state index contributed by atoms with van der Waals surface area (Å²) >= 11 is 4.18. The molecule has 0 bridgehead atoms. The van der Waals surface area contributed by atoms with Gasteiger partial charge in [0.25, 0.3) is 0 Å². The number of esters is 1. The third-order valence-electron chi connectivity index (χ3n) is 1.89. The summed E-state index contributed by atoms with van der Waals surface area (Å²) < 4.78 is 4.98. The second kappa shape index (κ2) is 5.36. The van der Waals surface area contributed by atoms with Gasteiger partial charge in [-0.3, -0.25) is 14.9 Å². The van der Waals surface area contributed by atoms with Crippen LogP contribution in [-0.4, -0.2) is 29.3 Å². The number of carbonyl (C=O) groups excluding carboxylic acids is 2. The molecule has 1 rings (SSSR count). The summed E-state index contributed by atoms with van der Waals surface area (Å²) in [5, 5.41) is 2.72. The summed E-state index contributed by atoms with van der Waals surface area (Å²) in [7, 11) is 0. The van der Waals surface area contributed by atoms with Gasteiger partial charge in [0, 0.05) is 6.42 Å². The van der Waals surface area contributed by atoms with Crippen LogP contribution in [0.15, 0.2) is 0 Å². The van der Waals surface area contributed by atoms with Crippen molar-refractivity contribution in [3.05, 3.63) is 0 Å². The fraction of sp³-hybridized carbons (Fsp3) is 0.778. The molecule has 14 heavy (non-hydrogen) atoms. The van der Waals surface area contributed by atoms with Gasteiger partial charge in [0.1, 0.15) is 17.9 Å². The predicted octanol–water partition coefficient (Wildman–Crippen LogP) is 0.761. The van der Waals surface area contributed by atoms with Crippen LogP contribution in [0.25, 0.3) is 0 Å². The topological polar surface area (TPSA) is 55.4 Å².